The lowest BCUT2D eigenvalue weighted by Crippen LogP contribution is -2.44. The second-order valence-electron chi connectivity index (χ2n) is 11.2. The predicted molar refractivity (Wildman–Crippen MR) is 135 cm³/mol. The summed E-state index contributed by atoms with van der Waals surface area (Å²) >= 11 is 0. The van der Waals surface area contributed by atoms with Crippen LogP contribution in [0, 0.1) is 23.2 Å². The molecule has 2 saturated carbocycles. The smallest absolute Gasteiger partial charge is 0.225 e. The number of fused-ring (bicyclic) bond motifs is 5. The molecule has 0 bridgehead atoms. The second-order valence-corrected chi connectivity index (χ2v) is 11.2. The molecule has 180 valence electrons. The van der Waals surface area contributed by atoms with Gasteiger partial charge in [0.15, 0.2) is 0 Å². The summed E-state index contributed by atoms with van der Waals surface area (Å²) in [6.07, 6.45) is 8.46. The molecule has 5 rings (SSSR count). The van der Waals surface area contributed by atoms with Crippen molar-refractivity contribution >= 4 is 17.4 Å². The Morgan fingerprint density at radius 2 is 2.06 bits per heavy atom. The van der Waals surface area contributed by atoms with Crippen molar-refractivity contribution in [1.29, 1.82) is 0 Å². The van der Waals surface area contributed by atoms with Crippen LogP contribution in [0.4, 0.5) is 5.82 Å². The van der Waals surface area contributed by atoms with Gasteiger partial charge in [-0.05, 0) is 90.9 Å². The summed E-state index contributed by atoms with van der Waals surface area (Å²) in [5.41, 5.74) is 5.10. The van der Waals surface area contributed by atoms with Gasteiger partial charge >= 0.3 is 0 Å². The van der Waals surface area contributed by atoms with Gasteiger partial charge in [0.25, 0.3) is 0 Å². The van der Waals surface area contributed by atoms with Crippen molar-refractivity contribution < 1.29 is 10.0 Å². The highest BCUT2D eigenvalue weighted by atomic mass is 16.4. The maximum Gasteiger partial charge on any atom is 0.225 e. The van der Waals surface area contributed by atoms with Crippen LogP contribution in [0.2, 0.25) is 0 Å². The number of rotatable bonds is 5. The number of carbonyl (C=O) groups is 1. The minimum absolute atomic E-state index is 0.0160. The highest BCUT2D eigenvalue weighted by Crippen LogP contribution is 2.62. The molecule has 1 amide bonds. The normalized spacial score (nSPS) is 31.1. The molecule has 0 radical (unpaired) electrons. The molecule has 5 nitrogen and oxygen atoms in total. The van der Waals surface area contributed by atoms with Crippen molar-refractivity contribution in [2.24, 2.45) is 28.3 Å². The summed E-state index contributed by atoms with van der Waals surface area (Å²) < 4.78 is 0. The van der Waals surface area contributed by atoms with Crippen LogP contribution in [0.15, 0.2) is 47.8 Å². The Balaban J connectivity index is 1.30. The Bertz CT molecular complexity index is 1080. The summed E-state index contributed by atoms with van der Waals surface area (Å²) in [6, 6.07) is 12.9. The van der Waals surface area contributed by atoms with Gasteiger partial charge in [-0.3, -0.25) is 4.79 Å². The third-order valence-corrected chi connectivity index (χ3v) is 9.10. The van der Waals surface area contributed by atoms with E-state index < -0.39 is 0 Å². The molecule has 0 spiro atoms. The minimum Gasteiger partial charge on any atom is -0.411 e. The number of carbonyl (C=O) groups excluding carboxylic acids is 1. The lowest BCUT2D eigenvalue weighted by atomic mass is 9.54. The van der Waals surface area contributed by atoms with Crippen LogP contribution in [0.25, 0.3) is 0 Å². The van der Waals surface area contributed by atoms with Crippen molar-refractivity contribution in [3.05, 3.63) is 59.3 Å². The molecule has 0 aliphatic heterocycles. The first kappa shape index (κ1) is 23.1. The van der Waals surface area contributed by atoms with E-state index in [1.807, 2.05) is 18.3 Å². The molecule has 34 heavy (non-hydrogen) atoms. The van der Waals surface area contributed by atoms with Crippen molar-refractivity contribution in [1.82, 2.24) is 4.98 Å². The van der Waals surface area contributed by atoms with Crippen molar-refractivity contribution in [3.8, 4) is 0 Å². The molecule has 3 aliphatic rings. The number of oxime groups is 1. The summed E-state index contributed by atoms with van der Waals surface area (Å²) in [5.74, 6) is 3.06. The van der Waals surface area contributed by atoms with E-state index in [-0.39, 0.29) is 11.3 Å². The van der Waals surface area contributed by atoms with E-state index in [1.54, 1.807) is 0 Å². The van der Waals surface area contributed by atoms with Crippen LogP contribution in [0.5, 0.6) is 0 Å². The largest absolute Gasteiger partial charge is 0.411 e. The second kappa shape index (κ2) is 9.16. The van der Waals surface area contributed by atoms with Gasteiger partial charge in [0, 0.05) is 18.0 Å². The van der Waals surface area contributed by atoms with Gasteiger partial charge in [-0.25, -0.2) is 4.98 Å². The highest BCUT2D eigenvalue weighted by molar-refractivity contribution is 5.93. The van der Waals surface area contributed by atoms with E-state index in [9.17, 15) is 10.0 Å². The number of aryl methyl sites for hydroxylation is 1. The highest BCUT2D eigenvalue weighted by Gasteiger charge is 2.57. The minimum atomic E-state index is -0.0580. The molecule has 3 unspecified atom stereocenters. The van der Waals surface area contributed by atoms with Gasteiger partial charge in [-0.15, -0.1) is 0 Å². The molecule has 2 aromatic rings. The lowest BCUT2D eigenvalue weighted by molar-refractivity contribution is -0.116. The summed E-state index contributed by atoms with van der Waals surface area (Å²) in [5, 5.41) is 16.7. The molecule has 1 heterocycles. The van der Waals surface area contributed by atoms with Crippen molar-refractivity contribution in [3.63, 3.8) is 0 Å². The standard InChI is InChI=1S/C29H37N3O2/c1-18(2)21-9-12-26(30-17-21)31-27(33)13-10-20-16-25(32-34)29(3)15-14-23-22-7-5-4-6-19(22)8-11-24(23)28(20)29/h4-7,9,12,17-18,20,23-24,28,34H,8,10-11,13-16H2,1-3H3,(H,30,31,33)/b32-25+/t20-,23?,24?,28?,29-/m1/s1. The molecule has 3 aliphatic carbocycles. The van der Waals surface area contributed by atoms with Crippen LogP contribution in [0.3, 0.4) is 0 Å². The quantitative estimate of drug-likeness (QED) is 0.394. The molecule has 2 fully saturated rings. The Labute approximate surface area is 203 Å². The van der Waals surface area contributed by atoms with E-state index in [0.29, 0.717) is 41.8 Å². The van der Waals surface area contributed by atoms with Gasteiger partial charge in [-0.1, -0.05) is 56.3 Å². The monoisotopic (exact) mass is 459 g/mol. The maximum atomic E-state index is 12.8. The van der Waals surface area contributed by atoms with E-state index in [0.717, 1.165) is 37.8 Å². The van der Waals surface area contributed by atoms with Gasteiger partial charge in [0.05, 0.1) is 5.71 Å². The number of benzene rings is 1. The van der Waals surface area contributed by atoms with Crippen molar-refractivity contribution in [2.75, 3.05) is 5.32 Å². The Hall–Kier alpha value is -2.69. The van der Waals surface area contributed by atoms with Gasteiger partial charge < -0.3 is 10.5 Å². The number of pyridine rings is 1. The summed E-state index contributed by atoms with van der Waals surface area (Å²) in [7, 11) is 0. The van der Waals surface area contributed by atoms with E-state index in [1.165, 1.54) is 23.1 Å². The fraction of sp³-hybridized carbons (Fsp3) is 0.552. The molecule has 2 N–H and O–H groups in total. The first-order valence-corrected chi connectivity index (χ1v) is 13.0. The van der Waals surface area contributed by atoms with Crippen molar-refractivity contribution in [2.45, 2.75) is 77.6 Å². The average molecular weight is 460 g/mol. The number of hydrogen-bond acceptors (Lipinski definition) is 4. The van der Waals surface area contributed by atoms with Gasteiger partial charge in [-0.2, -0.15) is 0 Å². The molecular formula is C29H37N3O2. The molecule has 1 aromatic heterocycles. The topological polar surface area (TPSA) is 74.6 Å². The van der Waals surface area contributed by atoms with E-state index >= 15 is 0 Å². The van der Waals surface area contributed by atoms with E-state index in [4.69, 9.17) is 0 Å². The molecule has 0 saturated heterocycles. The molecule has 5 atom stereocenters. The molecular weight excluding hydrogens is 422 g/mol. The third-order valence-electron chi connectivity index (χ3n) is 9.10. The zero-order chi connectivity index (χ0) is 23.9. The first-order chi connectivity index (χ1) is 16.4. The number of aromatic nitrogens is 1. The number of hydrogen-bond donors (Lipinski definition) is 2. The predicted octanol–water partition coefficient (Wildman–Crippen LogP) is 6.54. The SMILES string of the molecule is CC(C)c1ccc(NC(=O)CC[C@@H]2C/C(=N\O)[C@@]3(C)CCC4c5ccccc5CCC4C23)nc1. The Kier molecular flexibility index (Phi) is 6.22. The lowest BCUT2D eigenvalue weighted by Gasteiger charge is -2.50. The van der Waals surface area contributed by atoms with E-state index in [2.05, 4.69) is 60.5 Å². The first-order valence-electron chi connectivity index (χ1n) is 13.0. The maximum absolute atomic E-state index is 12.8. The fourth-order valence-corrected chi connectivity index (χ4v) is 7.37. The van der Waals surface area contributed by atoms with Crippen LogP contribution in [-0.4, -0.2) is 21.8 Å². The zero-order valence-electron chi connectivity index (χ0n) is 20.6. The van der Waals surface area contributed by atoms with Gasteiger partial charge in [0.2, 0.25) is 5.91 Å². The van der Waals surface area contributed by atoms with Crippen LogP contribution in [0.1, 0.15) is 87.8 Å². The molecule has 5 heteroatoms. The fourth-order valence-electron chi connectivity index (χ4n) is 7.37. The molecule has 1 aromatic carbocycles. The van der Waals surface area contributed by atoms with Crippen LogP contribution >= 0.6 is 0 Å². The van der Waals surface area contributed by atoms with Crippen LogP contribution < -0.4 is 5.32 Å². The Morgan fingerprint density at radius 3 is 2.79 bits per heavy atom. The average Bonchev–Trinajstić information content (AvgIpc) is 3.14. The summed E-state index contributed by atoms with van der Waals surface area (Å²) in [6.45, 7) is 6.58. The third kappa shape index (κ3) is 4.03. The van der Waals surface area contributed by atoms with Crippen LogP contribution in [-0.2, 0) is 11.2 Å². The Morgan fingerprint density at radius 1 is 1.24 bits per heavy atom. The summed E-state index contributed by atoms with van der Waals surface area (Å²) in [4.78, 5) is 17.2. The number of nitrogens with zero attached hydrogens (tertiary/aromatic N) is 2. The number of anilines is 1. The zero-order valence-corrected chi connectivity index (χ0v) is 20.6. The van der Waals surface area contributed by atoms with Gasteiger partial charge in [0.1, 0.15) is 5.82 Å². The number of nitrogens with one attached hydrogen (secondary N) is 1. The number of amides is 1.